The van der Waals surface area contributed by atoms with E-state index in [0.29, 0.717) is 12.3 Å². The predicted octanol–water partition coefficient (Wildman–Crippen LogP) is 3.73. The van der Waals surface area contributed by atoms with Crippen molar-refractivity contribution >= 4 is 27.4 Å². The molecule has 2 aromatic rings. The van der Waals surface area contributed by atoms with Crippen LogP contribution in [0.5, 0.6) is 0 Å². The van der Waals surface area contributed by atoms with E-state index in [1.54, 1.807) is 0 Å². The molecule has 1 aliphatic rings. The molecular formula is C20H21F5N4O3S. The van der Waals surface area contributed by atoms with Gasteiger partial charge in [0.25, 0.3) is 11.8 Å². The number of halogens is 5. The van der Waals surface area contributed by atoms with Gasteiger partial charge in [-0.05, 0) is 24.3 Å². The van der Waals surface area contributed by atoms with Crippen LogP contribution in [0.4, 0.5) is 33.5 Å². The third kappa shape index (κ3) is 5.24. The molecule has 3 rings (SSSR count). The van der Waals surface area contributed by atoms with Crippen molar-refractivity contribution in [3.05, 3.63) is 47.7 Å². The quantitative estimate of drug-likeness (QED) is 0.633. The molecule has 2 heterocycles. The minimum atomic E-state index is -4.80. The molecule has 0 unspecified atom stereocenters. The summed E-state index contributed by atoms with van der Waals surface area (Å²) in [6, 6.07) is 5.41. The van der Waals surface area contributed by atoms with Crippen molar-refractivity contribution in [2.45, 2.75) is 30.8 Å². The summed E-state index contributed by atoms with van der Waals surface area (Å²) in [6.07, 6.45) is -4.26. The number of nitrogens with zero attached hydrogens (tertiary/aromatic N) is 2. The normalized spacial score (nSPS) is 21.0. The number of piperidine rings is 1. The number of hydrogen-bond acceptors (Lipinski definition) is 5. The van der Waals surface area contributed by atoms with Gasteiger partial charge in [0.05, 0.1) is 16.0 Å². The first kappa shape index (κ1) is 24.8. The van der Waals surface area contributed by atoms with Crippen LogP contribution in [0.1, 0.15) is 29.8 Å². The van der Waals surface area contributed by atoms with E-state index < -0.39 is 51.0 Å². The monoisotopic (exact) mass is 492 g/mol. The highest BCUT2D eigenvalue weighted by Crippen LogP contribution is 2.40. The van der Waals surface area contributed by atoms with Crippen LogP contribution in [-0.4, -0.2) is 38.3 Å². The van der Waals surface area contributed by atoms with Gasteiger partial charge >= 0.3 is 6.18 Å². The van der Waals surface area contributed by atoms with Crippen molar-refractivity contribution in [3.63, 3.8) is 0 Å². The third-order valence-corrected chi connectivity index (χ3v) is 6.37. The molecule has 2 atom stereocenters. The van der Waals surface area contributed by atoms with Gasteiger partial charge in [-0.3, -0.25) is 4.79 Å². The van der Waals surface area contributed by atoms with Crippen molar-refractivity contribution in [2.24, 2.45) is 17.0 Å². The topological polar surface area (TPSA) is 105 Å². The van der Waals surface area contributed by atoms with Gasteiger partial charge < -0.3 is 10.2 Å². The van der Waals surface area contributed by atoms with Crippen LogP contribution < -0.4 is 15.4 Å². The number of nitrogens with one attached hydrogen (secondary N) is 1. The summed E-state index contributed by atoms with van der Waals surface area (Å²) in [5.74, 6) is -6.45. The van der Waals surface area contributed by atoms with Crippen LogP contribution in [-0.2, 0) is 16.2 Å². The van der Waals surface area contributed by atoms with Gasteiger partial charge in [0.15, 0.2) is 0 Å². The molecule has 0 spiro atoms. The number of anilines is 2. The van der Waals surface area contributed by atoms with Crippen molar-refractivity contribution in [1.29, 1.82) is 0 Å². The molecule has 0 saturated carbocycles. The molecule has 13 heteroatoms. The van der Waals surface area contributed by atoms with Gasteiger partial charge in [0.1, 0.15) is 5.82 Å². The molecule has 1 fully saturated rings. The maximum absolute atomic E-state index is 14.2. The number of primary sulfonamides is 1. The van der Waals surface area contributed by atoms with Crippen LogP contribution in [0.25, 0.3) is 0 Å². The second-order valence-corrected chi connectivity index (χ2v) is 9.56. The largest absolute Gasteiger partial charge is 0.417 e. The fourth-order valence-corrected chi connectivity index (χ4v) is 4.18. The first-order valence-electron chi connectivity index (χ1n) is 9.75. The van der Waals surface area contributed by atoms with Gasteiger partial charge in [-0.25, -0.2) is 27.3 Å². The molecule has 1 aromatic carbocycles. The number of carbonyl (C=O) groups is 1. The number of rotatable bonds is 4. The van der Waals surface area contributed by atoms with Gasteiger partial charge in [-0.1, -0.05) is 19.9 Å². The molecule has 3 N–H and O–H groups in total. The van der Waals surface area contributed by atoms with Gasteiger partial charge in [-0.2, -0.15) is 13.2 Å². The smallest absolute Gasteiger partial charge is 0.355 e. The first-order valence-corrected chi connectivity index (χ1v) is 11.3. The highest BCUT2D eigenvalue weighted by atomic mass is 32.2. The van der Waals surface area contributed by atoms with Crippen molar-refractivity contribution < 1.29 is 35.2 Å². The Morgan fingerprint density at radius 1 is 1.18 bits per heavy atom. The lowest BCUT2D eigenvalue weighted by molar-refractivity contribution is -0.137. The van der Waals surface area contributed by atoms with Crippen molar-refractivity contribution in [1.82, 2.24) is 4.98 Å². The number of alkyl halides is 5. The maximum Gasteiger partial charge on any atom is 0.417 e. The Morgan fingerprint density at radius 2 is 1.79 bits per heavy atom. The second-order valence-electron chi connectivity index (χ2n) is 8.00. The van der Waals surface area contributed by atoms with E-state index in [1.807, 2.05) is 0 Å². The second kappa shape index (κ2) is 8.52. The number of aromatic nitrogens is 1. The fraction of sp³-hybridized carbons (Fsp3) is 0.400. The Hall–Kier alpha value is -2.80. The zero-order valence-corrected chi connectivity index (χ0v) is 18.3. The average molecular weight is 492 g/mol. The van der Waals surface area contributed by atoms with E-state index in [4.69, 9.17) is 5.14 Å². The molecule has 1 saturated heterocycles. The van der Waals surface area contributed by atoms with Gasteiger partial charge in [0.2, 0.25) is 10.0 Å². The van der Waals surface area contributed by atoms with Gasteiger partial charge in [0, 0.05) is 36.8 Å². The van der Waals surface area contributed by atoms with Crippen LogP contribution >= 0.6 is 0 Å². The van der Waals surface area contributed by atoms with Crippen molar-refractivity contribution in [3.8, 4) is 0 Å². The first-order chi connectivity index (χ1) is 15.1. The molecule has 33 heavy (non-hydrogen) atoms. The molecule has 1 aliphatic heterocycles. The van der Waals surface area contributed by atoms with Crippen LogP contribution in [0.15, 0.2) is 41.4 Å². The van der Waals surface area contributed by atoms with Crippen LogP contribution in [0, 0.1) is 11.8 Å². The summed E-state index contributed by atoms with van der Waals surface area (Å²) in [5, 5.41) is 7.39. The Labute approximate surface area is 186 Å². The maximum atomic E-state index is 14.2. The lowest BCUT2D eigenvalue weighted by Gasteiger charge is -2.42. The van der Waals surface area contributed by atoms with E-state index in [-0.39, 0.29) is 29.5 Å². The third-order valence-electron chi connectivity index (χ3n) is 5.46. The number of sulfonamides is 1. The molecule has 0 aliphatic carbocycles. The Kier molecular flexibility index (Phi) is 6.41. The lowest BCUT2D eigenvalue weighted by atomic mass is 9.87. The number of pyridine rings is 1. The summed E-state index contributed by atoms with van der Waals surface area (Å²) >= 11 is 0. The number of benzene rings is 1. The molecular weight excluding hydrogens is 471 g/mol. The summed E-state index contributed by atoms with van der Waals surface area (Å²) in [7, 11) is -4.09. The molecule has 1 amide bonds. The lowest BCUT2D eigenvalue weighted by Crippen LogP contribution is -2.52. The molecule has 0 bridgehead atoms. The van der Waals surface area contributed by atoms with E-state index in [0.717, 1.165) is 6.07 Å². The van der Waals surface area contributed by atoms with E-state index in [2.05, 4.69) is 10.3 Å². The number of amides is 1. The minimum absolute atomic E-state index is 0.0400. The zero-order chi connectivity index (χ0) is 24.8. The number of carbonyl (C=O) groups excluding carboxylic acids is 1. The molecule has 180 valence electrons. The Morgan fingerprint density at radius 3 is 2.33 bits per heavy atom. The fourth-order valence-electron chi connectivity index (χ4n) is 3.62. The molecule has 0 radical (unpaired) electrons. The zero-order valence-electron chi connectivity index (χ0n) is 17.5. The summed E-state index contributed by atoms with van der Waals surface area (Å²) in [5.41, 5.74) is -1.73. The van der Waals surface area contributed by atoms with E-state index >= 15 is 0 Å². The minimum Gasteiger partial charge on any atom is -0.355 e. The van der Waals surface area contributed by atoms with E-state index in [9.17, 15) is 35.2 Å². The highest BCUT2D eigenvalue weighted by Gasteiger charge is 2.48. The standard InChI is InChI=1S/C20H21F5N4O3S/c1-11-9-29(10-12(2)19(11,21)22)17-16(6-13(8-27-17)20(23,24)25)18(30)28-14-4-3-5-15(7-14)33(26,31)32/h3-8,11-12H,9-10H2,1-2H3,(H,28,30)(H2,26,31,32)/t11-,12+. The summed E-state index contributed by atoms with van der Waals surface area (Å²) < 4.78 is 91.4. The van der Waals surface area contributed by atoms with Crippen LogP contribution in [0.3, 0.4) is 0 Å². The number of hydrogen-bond donors (Lipinski definition) is 2. The summed E-state index contributed by atoms with van der Waals surface area (Å²) in [4.78, 5) is 17.8. The van der Waals surface area contributed by atoms with E-state index in [1.165, 1.54) is 36.9 Å². The highest BCUT2D eigenvalue weighted by molar-refractivity contribution is 7.89. The number of nitrogens with two attached hydrogens (primary N) is 1. The molecule has 7 nitrogen and oxygen atoms in total. The Balaban J connectivity index is 2.01. The SMILES string of the molecule is C[C@@H]1CN(c2ncc(C(F)(F)F)cc2C(=O)Nc2cccc(S(N)(=O)=O)c2)C[C@H](C)C1(F)F. The average Bonchev–Trinajstić information content (AvgIpc) is 2.70. The van der Waals surface area contributed by atoms with Crippen molar-refractivity contribution in [2.75, 3.05) is 23.3 Å². The van der Waals surface area contributed by atoms with Gasteiger partial charge in [-0.15, -0.1) is 0 Å². The van der Waals surface area contributed by atoms with Crippen LogP contribution in [0.2, 0.25) is 0 Å². The predicted molar refractivity (Wildman–Crippen MR) is 110 cm³/mol. The Bertz CT molecular complexity index is 1160. The summed E-state index contributed by atoms with van der Waals surface area (Å²) in [6.45, 7) is 2.17. The molecule has 1 aromatic heterocycles.